The molecule has 1 aromatic rings. The summed E-state index contributed by atoms with van der Waals surface area (Å²) in [5.41, 5.74) is 2.61. The summed E-state index contributed by atoms with van der Waals surface area (Å²) in [7, 11) is 0. The van der Waals surface area contributed by atoms with Gasteiger partial charge in [-0.25, -0.2) is 0 Å². The Morgan fingerprint density at radius 2 is 2.08 bits per heavy atom. The molecule has 0 radical (unpaired) electrons. The Morgan fingerprint density at radius 3 is 2.54 bits per heavy atom. The summed E-state index contributed by atoms with van der Waals surface area (Å²) in [5, 5.41) is 0. The lowest BCUT2D eigenvalue weighted by atomic mass is 9.99. The van der Waals surface area contributed by atoms with Crippen LogP contribution >= 0.6 is 0 Å². The summed E-state index contributed by atoms with van der Waals surface area (Å²) in [4.78, 5) is 0. The van der Waals surface area contributed by atoms with Crippen molar-refractivity contribution in [1.82, 2.24) is 0 Å². The number of aryl methyl sites for hydroxylation is 1. The van der Waals surface area contributed by atoms with E-state index >= 15 is 0 Å². The van der Waals surface area contributed by atoms with Crippen molar-refractivity contribution in [3.05, 3.63) is 23.2 Å². The molecule has 1 atom stereocenters. The van der Waals surface area contributed by atoms with Crippen LogP contribution in [-0.4, -0.2) is 0 Å². The molecule has 0 bridgehead atoms. The molecule has 0 spiro atoms. The van der Waals surface area contributed by atoms with E-state index in [0.29, 0.717) is 0 Å². The monoisotopic (exact) mass is 180 g/mol. The van der Waals surface area contributed by atoms with E-state index in [4.69, 9.17) is 4.42 Å². The standard InChI is InChI=1S/C12H20O/c1-5-6-9(2)7-12-11(4)10(3)8-13-12/h8-9H,5-7H2,1-4H3. The Morgan fingerprint density at radius 1 is 1.38 bits per heavy atom. The highest BCUT2D eigenvalue weighted by Gasteiger charge is 2.09. The maximum Gasteiger partial charge on any atom is 0.107 e. The second kappa shape index (κ2) is 4.50. The van der Waals surface area contributed by atoms with Gasteiger partial charge in [-0.15, -0.1) is 0 Å². The topological polar surface area (TPSA) is 13.1 Å². The van der Waals surface area contributed by atoms with Gasteiger partial charge in [-0.3, -0.25) is 0 Å². The fraction of sp³-hybridized carbons (Fsp3) is 0.667. The van der Waals surface area contributed by atoms with Crippen LogP contribution < -0.4 is 0 Å². The van der Waals surface area contributed by atoms with Crippen molar-refractivity contribution in [2.24, 2.45) is 5.92 Å². The fourth-order valence-electron chi connectivity index (χ4n) is 1.67. The van der Waals surface area contributed by atoms with Crippen molar-refractivity contribution in [3.8, 4) is 0 Å². The molecular weight excluding hydrogens is 160 g/mol. The minimum Gasteiger partial charge on any atom is -0.469 e. The Labute approximate surface area is 81.1 Å². The van der Waals surface area contributed by atoms with Gasteiger partial charge in [-0.2, -0.15) is 0 Å². The normalized spacial score (nSPS) is 13.2. The maximum absolute atomic E-state index is 5.51. The van der Waals surface area contributed by atoms with Gasteiger partial charge in [0, 0.05) is 6.42 Å². The molecule has 1 rings (SSSR count). The molecule has 0 saturated heterocycles. The summed E-state index contributed by atoms with van der Waals surface area (Å²) in [6, 6.07) is 0. The third kappa shape index (κ3) is 2.61. The molecule has 0 aliphatic heterocycles. The van der Waals surface area contributed by atoms with Crippen molar-refractivity contribution in [2.45, 2.75) is 47.0 Å². The molecular formula is C12H20O. The fourth-order valence-corrected chi connectivity index (χ4v) is 1.67. The lowest BCUT2D eigenvalue weighted by Gasteiger charge is -2.07. The first-order valence-electron chi connectivity index (χ1n) is 5.18. The van der Waals surface area contributed by atoms with Crippen LogP contribution in [0, 0.1) is 19.8 Å². The molecule has 74 valence electrons. The summed E-state index contributed by atoms with van der Waals surface area (Å²) in [6.45, 7) is 8.77. The Bertz CT molecular complexity index is 260. The van der Waals surface area contributed by atoms with E-state index in [-0.39, 0.29) is 0 Å². The van der Waals surface area contributed by atoms with Crippen molar-refractivity contribution in [1.29, 1.82) is 0 Å². The van der Waals surface area contributed by atoms with Crippen LogP contribution in [-0.2, 0) is 6.42 Å². The van der Waals surface area contributed by atoms with Crippen LogP contribution in [0.1, 0.15) is 43.6 Å². The highest BCUT2D eigenvalue weighted by Crippen LogP contribution is 2.20. The third-order valence-electron chi connectivity index (χ3n) is 2.70. The molecule has 0 N–H and O–H groups in total. The molecule has 0 amide bonds. The molecule has 1 heteroatoms. The number of hydrogen-bond donors (Lipinski definition) is 0. The summed E-state index contributed by atoms with van der Waals surface area (Å²) < 4.78 is 5.51. The average molecular weight is 180 g/mol. The average Bonchev–Trinajstić information content (AvgIpc) is 2.37. The van der Waals surface area contributed by atoms with Gasteiger partial charge < -0.3 is 4.42 Å². The van der Waals surface area contributed by atoms with E-state index in [0.717, 1.165) is 12.3 Å². The van der Waals surface area contributed by atoms with E-state index in [1.165, 1.54) is 29.7 Å². The zero-order valence-electron chi connectivity index (χ0n) is 9.18. The molecule has 0 aromatic carbocycles. The van der Waals surface area contributed by atoms with Gasteiger partial charge in [0.05, 0.1) is 6.26 Å². The van der Waals surface area contributed by atoms with Crippen LogP contribution in [0.5, 0.6) is 0 Å². The summed E-state index contributed by atoms with van der Waals surface area (Å²) in [5.74, 6) is 1.92. The molecule has 0 saturated carbocycles. The zero-order valence-corrected chi connectivity index (χ0v) is 9.18. The van der Waals surface area contributed by atoms with E-state index in [2.05, 4.69) is 27.7 Å². The Balaban J connectivity index is 2.58. The van der Waals surface area contributed by atoms with Gasteiger partial charge in [0.15, 0.2) is 0 Å². The highest BCUT2D eigenvalue weighted by atomic mass is 16.3. The van der Waals surface area contributed by atoms with Crippen molar-refractivity contribution < 1.29 is 4.42 Å². The Hall–Kier alpha value is -0.720. The molecule has 13 heavy (non-hydrogen) atoms. The van der Waals surface area contributed by atoms with Crippen LogP contribution in [0.4, 0.5) is 0 Å². The smallest absolute Gasteiger partial charge is 0.107 e. The number of furan rings is 1. The van der Waals surface area contributed by atoms with Crippen molar-refractivity contribution >= 4 is 0 Å². The van der Waals surface area contributed by atoms with Gasteiger partial charge >= 0.3 is 0 Å². The molecule has 0 aliphatic carbocycles. The van der Waals surface area contributed by atoms with Gasteiger partial charge in [0.1, 0.15) is 5.76 Å². The first-order valence-corrected chi connectivity index (χ1v) is 5.18. The predicted molar refractivity (Wildman–Crippen MR) is 56.0 cm³/mol. The predicted octanol–water partition coefficient (Wildman–Crippen LogP) is 3.88. The van der Waals surface area contributed by atoms with Crippen molar-refractivity contribution in [3.63, 3.8) is 0 Å². The van der Waals surface area contributed by atoms with Crippen LogP contribution in [0.2, 0.25) is 0 Å². The SMILES string of the molecule is CCCC(C)Cc1occ(C)c1C. The second-order valence-electron chi connectivity index (χ2n) is 4.06. The lowest BCUT2D eigenvalue weighted by Crippen LogP contribution is -1.99. The molecule has 0 aliphatic rings. The van der Waals surface area contributed by atoms with Crippen molar-refractivity contribution in [2.75, 3.05) is 0 Å². The van der Waals surface area contributed by atoms with E-state index < -0.39 is 0 Å². The van der Waals surface area contributed by atoms with Gasteiger partial charge in [-0.1, -0.05) is 26.7 Å². The minimum absolute atomic E-state index is 0.745. The van der Waals surface area contributed by atoms with E-state index in [1.807, 2.05) is 6.26 Å². The molecule has 0 fully saturated rings. The molecule has 1 nitrogen and oxygen atoms in total. The first-order chi connectivity index (χ1) is 6.15. The van der Waals surface area contributed by atoms with Gasteiger partial charge in [0.25, 0.3) is 0 Å². The van der Waals surface area contributed by atoms with Gasteiger partial charge in [0.2, 0.25) is 0 Å². The Kier molecular flexibility index (Phi) is 3.58. The van der Waals surface area contributed by atoms with E-state index in [9.17, 15) is 0 Å². The number of hydrogen-bond acceptors (Lipinski definition) is 1. The second-order valence-corrected chi connectivity index (χ2v) is 4.06. The quantitative estimate of drug-likeness (QED) is 0.685. The zero-order chi connectivity index (χ0) is 9.84. The highest BCUT2D eigenvalue weighted by molar-refractivity contribution is 5.25. The lowest BCUT2D eigenvalue weighted by molar-refractivity contribution is 0.435. The molecule has 1 heterocycles. The first kappa shape index (κ1) is 10.4. The summed E-state index contributed by atoms with van der Waals surface area (Å²) in [6.07, 6.45) is 5.51. The minimum atomic E-state index is 0.745. The number of rotatable bonds is 4. The largest absolute Gasteiger partial charge is 0.469 e. The van der Waals surface area contributed by atoms with E-state index in [1.54, 1.807) is 0 Å². The summed E-state index contributed by atoms with van der Waals surface area (Å²) >= 11 is 0. The molecule has 1 unspecified atom stereocenters. The van der Waals surface area contributed by atoms with Crippen LogP contribution in [0.15, 0.2) is 10.7 Å². The third-order valence-corrected chi connectivity index (χ3v) is 2.70. The van der Waals surface area contributed by atoms with Crippen LogP contribution in [0.25, 0.3) is 0 Å². The van der Waals surface area contributed by atoms with Crippen LogP contribution in [0.3, 0.4) is 0 Å². The van der Waals surface area contributed by atoms with Gasteiger partial charge in [-0.05, 0) is 30.9 Å². The molecule has 1 aromatic heterocycles. The maximum atomic E-state index is 5.51.